The maximum absolute atomic E-state index is 6.21. The number of rotatable bonds is 2. The molecule has 0 saturated carbocycles. The number of hydrogen-bond donors (Lipinski definition) is 0. The molecule has 4 heterocycles. The number of benzene rings is 2. The van der Waals surface area contributed by atoms with Gasteiger partial charge < -0.3 is 28.7 Å². The first kappa shape index (κ1) is 17.4. The standard InChI is InChI=1S/C23H26N2O4/c1-24-6-7-26-16(12-24)13-25-14-23(17-4-2-3-5-19(17)25)15-29-20-11-22-21(10-18(20)23)27-8-9-28-22/h2-5,10-11,16H,6-9,12-15H2,1H3/t16-,23-/m0/s1. The van der Waals surface area contributed by atoms with Crippen LogP contribution in [0.1, 0.15) is 11.1 Å². The highest BCUT2D eigenvalue weighted by Gasteiger charge is 2.50. The van der Waals surface area contributed by atoms with Gasteiger partial charge in [0.15, 0.2) is 11.5 Å². The van der Waals surface area contributed by atoms with Gasteiger partial charge in [0.05, 0.1) is 18.1 Å². The molecule has 152 valence electrons. The number of nitrogens with zero attached hydrogens (tertiary/aromatic N) is 2. The summed E-state index contributed by atoms with van der Waals surface area (Å²) in [4.78, 5) is 4.83. The zero-order valence-corrected chi connectivity index (χ0v) is 16.7. The molecule has 0 aromatic heterocycles. The lowest BCUT2D eigenvalue weighted by Crippen LogP contribution is -2.47. The number of morpholine rings is 1. The highest BCUT2D eigenvalue weighted by Crippen LogP contribution is 2.54. The Kier molecular flexibility index (Phi) is 3.93. The predicted octanol–water partition coefficient (Wildman–Crippen LogP) is 2.29. The van der Waals surface area contributed by atoms with E-state index in [2.05, 4.69) is 47.2 Å². The molecular formula is C23H26N2O4. The van der Waals surface area contributed by atoms with E-state index in [0.29, 0.717) is 19.8 Å². The molecule has 4 aliphatic heterocycles. The van der Waals surface area contributed by atoms with Crippen molar-refractivity contribution in [2.45, 2.75) is 11.5 Å². The lowest BCUT2D eigenvalue weighted by atomic mass is 9.77. The molecule has 1 fully saturated rings. The Bertz CT molecular complexity index is 948. The third-order valence-electron chi connectivity index (χ3n) is 6.62. The molecule has 0 unspecified atom stereocenters. The Balaban J connectivity index is 1.38. The van der Waals surface area contributed by atoms with E-state index in [1.807, 2.05) is 6.07 Å². The highest BCUT2D eigenvalue weighted by atomic mass is 16.6. The second-order valence-corrected chi connectivity index (χ2v) is 8.52. The van der Waals surface area contributed by atoms with Crippen molar-refractivity contribution in [1.29, 1.82) is 0 Å². The van der Waals surface area contributed by atoms with Crippen LogP contribution >= 0.6 is 0 Å². The van der Waals surface area contributed by atoms with Gasteiger partial charge in [-0.2, -0.15) is 0 Å². The van der Waals surface area contributed by atoms with Gasteiger partial charge in [0.25, 0.3) is 0 Å². The maximum Gasteiger partial charge on any atom is 0.165 e. The van der Waals surface area contributed by atoms with Crippen LogP contribution in [0.4, 0.5) is 5.69 Å². The molecular weight excluding hydrogens is 368 g/mol. The van der Waals surface area contributed by atoms with Gasteiger partial charge in [-0.3, -0.25) is 0 Å². The molecule has 6 rings (SSSR count). The topological polar surface area (TPSA) is 43.4 Å². The van der Waals surface area contributed by atoms with E-state index in [0.717, 1.165) is 50.0 Å². The average molecular weight is 394 g/mol. The van der Waals surface area contributed by atoms with Gasteiger partial charge in [-0.1, -0.05) is 18.2 Å². The number of anilines is 1. The van der Waals surface area contributed by atoms with Gasteiger partial charge in [-0.15, -0.1) is 0 Å². The normalized spacial score (nSPS) is 27.6. The summed E-state index contributed by atoms with van der Waals surface area (Å²) < 4.78 is 23.9. The van der Waals surface area contributed by atoms with Crippen molar-refractivity contribution in [3.8, 4) is 17.2 Å². The van der Waals surface area contributed by atoms with Crippen LogP contribution in [-0.4, -0.2) is 70.7 Å². The molecule has 4 aliphatic rings. The van der Waals surface area contributed by atoms with Crippen LogP contribution in [0.3, 0.4) is 0 Å². The van der Waals surface area contributed by atoms with Crippen molar-refractivity contribution in [2.75, 3.05) is 64.6 Å². The Hall–Kier alpha value is -2.44. The molecule has 2 atom stereocenters. The molecule has 0 bridgehead atoms. The van der Waals surface area contributed by atoms with E-state index >= 15 is 0 Å². The van der Waals surface area contributed by atoms with Gasteiger partial charge in [-0.05, 0) is 24.7 Å². The molecule has 29 heavy (non-hydrogen) atoms. The Morgan fingerprint density at radius 3 is 2.66 bits per heavy atom. The lowest BCUT2D eigenvalue weighted by molar-refractivity contribution is -0.0148. The summed E-state index contributed by atoms with van der Waals surface area (Å²) >= 11 is 0. The summed E-state index contributed by atoms with van der Waals surface area (Å²) in [6, 6.07) is 12.9. The van der Waals surface area contributed by atoms with Crippen LogP contribution in [0.15, 0.2) is 36.4 Å². The Morgan fingerprint density at radius 1 is 0.966 bits per heavy atom. The molecule has 1 spiro atoms. The molecule has 6 heteroatoms. The zero-order valence-electron chi connectivity index (χ0n) is 16.7. The predicted molar refractivity (Wildman–Crippen MR) is 110 cm³/mol. The van der Waals surface area contributed by atoms with E-state index < -0.39 is 0 Å². The van der Waals surface area contributed by atoms with Gasteiger partial charge in [-0.25, -0.2) is 0 Å². The van der Waals surface area contributed by atoms with E-state index in [4.69, 9.17) is 18.9 Å². The summed E-state index contributed by atoms with van der Waals surface area (Å²) in [7, 11) is 2.17. The number of para-hydroxylation sites is 1. The fourth-order valence-corrected chi connectivity index (χ4v) is 5.23. The quantitative estimate of drug-likeness (QED) is 0.779. The molecule has 2 aromatic carbocycles. The first-order valence-corrected chi connectivity index (χ1v) is 10.4. The molecule has 2 aromatic rings. The van der Waals surface area contributed by atoms with E-state index in [9.17, 15) is 0 Å². The molecule has 0 radical (unpaired) electrons. The van der Waals surface area contributed by atoms with Crippen molar-refractivity contribution in [3.63, 3.8) is 0 Å². The van der Waals surface area contributed by atoms with Gasteiger partial charge in [0, 0.05) is 43.5 Å². The monoisotopic (exact) mass is 394 g/mol. The molecule has 1 saturated heterocycles. The second kappa shape index (κ2) is 6.54. The van der Waals surface area contributed by atoms with Crippen molar-refractivity contribution < 1.29 is 18.9 Å². The van der Waals surface area contributed by atoms with Gasteiger partial charge in [0.2, 0.25) is 0 Å². The number of fused-ring (bicyclic) bond motifs is 5. The van der Waals surface area contributed by atoms with Crippen LogP contribution in [-0.2, 0) is 10.2 Å². The Morgan fingerprint density at radius 2 is 1.79 bits per heavy atom. The molecule has 0 amide bonds. The minimum atomic E-state index is -0.178. The van der Waals surface area contributed by atoms with Crippen molar-refractivity contribution in [1.82, 2.24) is 4.90 Å². The van der Waals surface area contributed by atoms with Crippen LogP contribution in [0, 0.1) is 0 Å². The number of likely N-dealkylation sites (N-methyl/N-ethyl adjacent to an activating group) is 1. The third-order valence-corrected chi connectivity index (χ3v) is 6.62. The minimum absolute atomic E-state index is 0.178. The molecule has 6 nitrogen and oxygen atoms in total. The summed E-state index contributed by atoms with van der Waals surface area (Å²) in [6.45, 7) is 6.38. The fraction of sp³-hybridized carbons (Fsp3) is 0.478. The molecule has 0 N–H and O–H groups in total. The minimum Gasteiger partial charge on any atom is -0.492 e. The van der Waals surface area contributed by atoms with Crippen LogP contribution < -0.4 is 19.1 Å². The van der Waals surface area contributed by atoms with Gasteiger partial charge in [0.1, 0.15) is 25.6 Å². The zero-order chi connectivity index (χ0) is 19.4. The first-order valence-electron chi connectivity index (χ1n) is 10.4. The largest absolute Gasteiger partial charge is 0.492 e. The third kappa shape index (κ3) is 2.69. The Labute approximate surface area is 170 Å². The smallest absolute Gasteiger partial charge is 0.165 e. The van der Waals surface area contributed by atoms with E-state index in [-0.39, 0.29) is 11.5 Å². The maximum atomic E-state index is 6.21. The first-order chi connectivity index (χ1) is 14.2. The SMILES string of the molecule is CN1CCO[C@H](CN2C[C@]3(COc4cc5c(cc43)OCCO5)c3ccccc32)C1. The second-order valence-electron chi connectivity index (χ2n) is 8.52. The average Bonchev–Trinajstić information content (AvgIpc) is 3.25. The van der Waals surface area contributed by atoms with Crippen LogP contribution in [0.2, 0.25) is 0 Å². The van der Waals surface area contributed by atoms with Crippen LogP contribution in [0.5, 0.6) is 17.2 Å². The van der Waals surface area contributed by atoms with E-state index in [1.54, 1.807) is 0 Å². The van der Waals surface area contributed by atoms with Crippen molar-refractivity contribution >= 4 is 5.69 Å². The lowest BCUT2D eigenvalue weighted by Gasteiger charge is -2.34. The summed E-state index contributed by atoms with van der Waals surface area (Å²) in [5, 5.41) is 0. The van der Waals surface area contributed by atoms with Crippen molar-refractivity contribution in [3.05, 3.63) is 47.5 Å². The summed E-state index contributed by atoms with van der Waals surface area (Å²) in [5.74, 6) is 2.53. The summed E-state index contributed by atoms with van der Waals surface area (Å²) in [6.07, 6.45) is 0.221. The highest BCUT2D eigenvalue weighted by molar-refractivity contribution is 5.70. The van der Waals surface area contributed by atoms with Crippen molar-refractivity contribution in [2.24, 2.45) is 0 Å². The van der Waals surface area contributed by atoms with E-state index in [1.165, 1.54) is 16.8 Å². The fourth-order valence-electron chi connectivity index (χ4n) is 5.23. The van der Waals surface area contributed by atoms with Crippen LogP contribution in [0.25, 0.3) is 0 Å². The number of ether oxygens (including phenoxy) is 4. The number of hydrogen-bond acceptors (Lipinski definition) is 6. The van der Waals surface area contributed by atoms with Gasteiger partial charge >= 0.3 is 0 Å². The molecule has 0 aliphatic carbocycles. The summed E-state index contributed by atoms with van der Waals surface area (Å²) in [5.41, 5.74) is 3.65.